The summed E-state index contributed by atoms with van der Waals surface area (Å²) >= 11 is 11.2. The molecule has 2 nitrogen and oxygen atoms in total. The first kappa shape index (κ1) is 16.3. The fraction of sp³-hybridized carbons (Fsp3) is 0.0667. The fourth-order valence-electron chi connectivity index (χ4n) is 2.16. The molecule has 0 fully saturated rings. The first-order valence-electron chi connectivity index (χ1n) is 6.25. The number of nitrogens with zero attached hydrogens (tertiary/aromatic N) is 2. The zero-order chi connectivity index (χ0) is 15.5. The molecule has 112 valence electrons. The molecule has 0 amide bonds. The summed E-state index contributed by atoms with van der Waals surface area (Å²) in [4.78, 5) is 2.45. The van der Waals surface area contributed by atoms with Crippen molar-refractivity contribution in [3.63, 3.8) is 0 Å². The smallest absolute Gasteiger partial charge is 0.114 e. The Bertz CT molecular complexity index is 881. The van der Waals surface area contributed by atoms with E-state index in [2.05, 4.69) is 82.4 Å². The van der Waals surface area contributed by atoms with E-state index in [-0.39, 0.29) is 0 Å². The molecule has 0 radical (unpaired) electrons. The molecule has 0 aliphatic rings. The van der Waals surface area contributed by atoms with E-state index in [1.165, 1.54) is 27.0 Å². The molecule has 22 heavy (non-hydrogen) atoms. The SMILES string of the molecule is Brc1ccc(-c2ccc(-c3cccs3)c3nsnc23)s1.CBr. The van der Waals surface area contributed by atoms with Gasteiger partial charge in [-0.25, -0.2) is 0 Å². The molecular formula is C15H10Br2N2S3. The maximum atomic E-state index is 4.50. The topological polar surface area (TPSA) is 25.8 Å². The minimum atomic E-state index is 0.996. The fourth-order valence-corrected chi connectivity index (χ4v) is 4.89. The molecule has 4 rings (SSSR count). The summed E-state index contributed by atoms with van der Waals surface area (Å²) in [6.45, 7) is 0. The van der Waals surface area contributed by atoms with Gasteiger partial charge in [-0.3, -0.25) is 0 Å². The van der Waals surface area contributed by atoms with Crippen LogP contribution in [-0.4, -0.2) is 14.6 Å². The average molecular weight is 474 g/mol. The van der Waals surface area contributed by atoms with E-state index < -0.39 is 0 Å². The van der Waals surface area contributed by atoms with Crippen LogP contribution in [0.5, 0.6) is 0 Å². The number of alkyl halides is 1. The predicted molar refractivity (Wildman–Crippen MR) is 107 cm³/mol. The van der Waals surface area contributed by atoms with Gasteiger partial charge in [0.1, 0.15) is 11.0 Å². The monoisotopic (exact) mass is 472 g/mol. The number of benzene rings is 1. The van der Waals surface area contributed by atoms with Crippen molar-refractivity contribution in [3.05, 3.63) is 45.6 Å². The van der Waals surface area contributed by atoms with Crippen molar-refractivity contribution in [2.45, 2.75) is 0 Å². The van der Waals surface area contributed by atoms with Crippen LogP contribution in [0.15, 0.2) is 45.6 Å². The molecular weight excluding hydrogens is 464 g/mol. The molecule has 0 saturated carbocycles. The molecule has 3 heterocycles. The largest absolute Gasteiger partial charge is 0.172 e. The Morgan fingerprint density at radius 3 is 2.09 bits per heavy atom. The minimum absolute atomic E-state index is 0.996. The molecule has 0 saturated heterocycles. The molecule has 0 atom stereocenters. The van der Waals surface area contributed by atoms with Crippen molar-refractivity contribution in [3.8, 4) is 20.9 Å². The van der Waals surface area contributed by atoms with Crippen LogP contribution in [0.1, 0.15) is 0 Å². The summed E-state index contributed by atoms with van der Waals surface area (Å²) in [5.41, 5.74) is 4.32. The Hall–Kier alpha value is -0.600. The van der Waals surface area contributed by atoms with Crippen LogP contribution in [0.25, 0.3) is 31.9 Å². The summed E-state index contributed by atoms with van der Waals surface area (Å²) in [7, 11) is 0. The number of halogens is 2. The van der Waals surface area contributed by atoms with Crippen LogP contribution in [0.2, 0.25) is 0 Å². The van der Waals surface area contributed by atoms with Gasteiger partial charge in [0.25, 0.3) is 0 Å². The molecule has 0 unspecified atom stereocenters. The van der Waals surface area contributed by atoms with Crippen LogP contribution in [0, 0.1) is 0 Å². The van der Waals surface area contributed by atoms with Crippen LogP contribution in [-0.2, 0) is 0 Å². The molecule has 7 heteroatoms. The zero-order valence-electron chi connectivity index (χ0n) is 11.4. The van der Waals surface area contributed by atoms with E-state index in [0.717, 1.165) is 20.4 Å². The predicted octanol–water partition coefficient (Wildman–Crippen LogP) is 6.92. The lowest BCUT2D eigenvalue weighted by Gasteiger charge is -2.03. The number of aromatic nitrogens is 2. The molecule has 0 spiro atoms. The molecule has 0 bridgehead atoms. The van der Waals surface area contributed by atoms with Gasteiger partial charge in [-0.2, -0.15) is 8.75 Å². The standard InChI is InChI=1S/C14H7BrN2S3.CH3Br/c15-12-6-5-11(19-12)9-4-3-8(10-2-1-7-18-10)13-14(9)17-20-16-13;1-2/h1-7H;1H3. The van der Waals surface area contributed by atoms with E-state index in [4.69, 9.17) is 0 Å². The van der Waals surface area contributed by atoms with Gasteiger partial charge in [0, 0.05) is 20.9 Å². The second-order valence-corrected chi connectivity index (χ2v) is 8.14. The van der Waals surface area contributed by atoms with Crippen molar-refractivity contribution in [2.75, 3.05) is 5.83 Å². The van der Waals surface area contributed by atoms with E-state index >= 15 is 0 Å². The highest BCUT2D eigenvalue weighted by Gasteiger charge is 2.14. The van der Waals surface area contributed by atoms with Crippen molar-refractivity contribution in [1.82, 2.24) is 8.75 Å². The van der Waals surface area contributed by atoms with Gasteiger partial charge in [0.05, 0.1) is 15.5 Å². The Morgan fingerprint density at radius 1 is 0.864 bits per heavy atom. The third kappa shape index (κ3) is 3.05. The van der Waals surface area contributed by atoms with Gasteiger partial charge in [0.15, 0.2) is 0 Å². The second-order valence-electron chi connectivity index (χ2n) is 4.20. The lowest BCUT2D eigenvalue weighted by Crippen LogP contribution is -1.81. The van der Waals surface area contributed by atoms with Gasteiger partial charge < -0.3 is 0 Å². The highest BCUT2D eigenvalue weighted by atomic mass is 79.9. The van der Waals surface area contributed by atoms with E-state index in [1.54, 1.807) is 22.7 Å². The number of rotatable bonds is 2. The van der Waals surface area contributed by atoms with Crippen molar-refractivity contribution >= 4 is 77.3 Å². The van der Waals surface area contributed by atoms with Crippen molar-refractivity contribution in [2.24, 2.45) is 0 Å². The Kier molecular flexibility index (Phi) is 5.41. The summed E-state index contributed by atoms with van der Waals surface area (Å²) in [6, 6.07) is 12.7. The first-order chi connectivity index (χ1) is 10.8. The first-order valence-corrected chi connectivity index (χ1v) is 11.1. The number of hydrogen-bond donors (Lipinski definition) is 0. The summed E-state index contributed by atoms with van der Waals surface area (Å²) < 4.78 is 10.1. The van der Waals surface area contributed by atoms with E-state index in [9.17, 15) is 0 Å². The second kappa shape index (κ2) is 7.31. The van der Waals surface area contributed by atoms with E-state index in [1.807, 2.05) is 5.83 Å². The number of thiophene rings is 2. The highest BCUT2D eigenvalue weighted by Crippen LogP contribution is 2.39. The van der Waals surface area contributed by atoms with Crippen LogP contribution >= 0.6 is 66.3 Å². The number of fused-ring (bicyclic) bond motifs is 1. The van der Waals surface area contributed by atoms with Gasteiger partial charge in [0.2, 0.25) is 0 Å². The Labute approximate surface area is 157 Å². The molecule has 3 aromatic heterocycles. The molecule has 0 N–H and O–H groups in total. The quantitative estimate of drug-likeness (QED) is 0.295. The van der Waals surface area contributed by atoms with Crippen LogP contribution in [0.4, 0.5) is 0 Å². The molecule has 4 aromatic rings. The zero-order valence-corrected chi connectivity index (χ0v) is 17.0. The van der Waals surface area contributed by atoms with Crippen LogP contribution < -0.4 is 0 Å². The summed E-state index contributed by atoms with van der Waals surface area (Å²) in [5, 5.41) is 2.09. The normalized spacial score (nSPS) is 10.5. The molecule has 0 aliphatic carbocycles. The maximum Gasteiger partial charge on any atom is 0.114 e. The van der Waals surface area contributed by atoms with Crippen LogP contribution in [0.3, 0.4) is 0 Å². The average Bonchev–Trinajstić information content (AvgIpc) is 3.29. The van der Waals surface area contributed by atoms with Gasteiger partial charge in [-0.1, -0.05) is 34.1 Å². The third-order valence-corrected chi connectivity index (χ3v) is 6.13. The molecule has 0 aliphatic heterocycles. The van der Waals surface area contributed by atoms with Crippen molar-refractivity contribution in [1.29, 1.82) is 0 Å². The van der Waals surface area contributed by atoms with Gasteiger partial charge in [-0.15, -0.1) is 22.7 Å². The Balaban J connectivity index is 0.000000693. The third-order valence-electron chi connectivity index (χ3n) is 3.04. The minimum Gasteiger partial charge on any atom is -0.172 e. The van der Waals surface area contributed by atoms with Gasteiger partial charge in [-0.05, 0) is 45.3 Å². The summed E-state index contributed by atoms with van der Waals surface area (Å²) in [5.74, 6) is 1.81. The van der Waals surface area contributed by atoms with E-state index in [0.29, 0.717) is 0 Å². The highest BCUT2D eigenvalue weighted by molar-refractivity contribution is 9.11. The van der Waals surface area contributed by atoms with Gasteiger partial charge >= 0.3 is 0 Å². The maximum absolute atomic E-state index is 4.50. The Morgan fingerprint density at radius 2 is 1.55 bits per heavy atom. The lowest BCUT2D eigenvalue weighted by molar-refractivity contribution is 1.63. The summed E-state index contributed by atoms with van der Waals surface area (Å²) in [6.07, 6.45) is 0. The molecule has 1 aromatic carbocycles. The lowest BCUT2D eigenvalue weighted by atomic mass is 10.1. The van der Waals surface area contributed by atoms with Crippen molar-refractivity contribution < 1.29 is 0 Å². The number of hydrogen-bond acceptors (Lipinski definition) is 5.